The Labute approximate surface area is 134 Å². The van der Waals surface area contributed by atoms with Gasteiger partial charge in [-0.3, -0.25) is 0 Å². The van der Waals surface area contributed by atoms with Gasteiger partial charge in [-0.25, -0.2) is 0 Å². The molecule has 0 aromatic heterocycles. The molecule has 110 valence electrons. The fourth-order valence-electron chi connectivity index (χ4n) is 2.80. The van der Waals surface area contributed by atoms with Crippen LogP contribution in [0.3, 0.4) is 0 Å². The summed E-state index contributed by atoms with van der Waals surface area (Å²) in [5.74, 6) is 1.05. The average Bonchev–Trinajstić information content (AvgIpc) is 2.96. The van der Waals surface area contributed by atoms with Crippen molar-refractivity contribution >= 4 is 21.6 Å². The van der Waals surface area contributed by atoms with Crippen molar-refractivity contribution in [3.8, 4) is 5.75 Å². The molecule has 1 N–H and O–H groups in total. The van der Waals surface area contributed by atoms with Crippen LogP contribution in [-0.2, 0) is 6.42 Å². The first-order valence-electron chi connectivity index (χ1n) is 7.46. The van der Waals surface area contributed by atoms with Gasteiger partial charge in [0.1, 0.15) is 5.75 Å². The zero-order valence-electron chi connectivity index (χ0n) is 12.4. The second-order valence-corrected chi connectivity index (χ2v) is 6.34. The lowest BCUT2D eigenvalue weighted by Crippen LogP contribution is -2.11. The van der Waals surface area contributed by atoms with Gasteiger partial charge in [0.15, 0.2) is 0 Å². The monoisotopic (exact) mass is 345 g/mol. The van der Waals surface area contributed by atoms with Crippen LogP contribution in [0.5, 0.6) is 5.75 Å². The summed E-state index contributed by atoms with van der Waals surface area (Å²) in [5.41, 5.74) is 5.10. The molecule has 1 unspecified atom stereocenters. The third-order valence-corrected chi connectivity index (χ3v) is 4.98. The Hall–Kier alpha value is -1.48. The van der Waals surface area contributed by atoms with Crippen molar-refractivity contribution in [3.63, 3.8) is 0 Å². The van der Waals surface area contributed by atoms with Gasteiger partial charge in [-0.1, -0.05) is 35.0 Å². The molecular weight excluding hydrogens is 326 g/mol. The van der Waals surface area contributed by atoms with Crippen molar-refractivity contribution in [2.24, 2.45) is 0 Å². The standard InChI is InChI=1S/C18H20BrNO/c1-3-16(20-17-6-4-5-15(19)12(17)2)13-7-8-18-14(11-13)9-10-21-18/h4-8,11,16,20H,3,9-10H2,1-2H3. The first-order valence-corrected chi connectivity index (χ1v) is 8.25. The van der Waals surface area contributed by atoms with Gasteiger partial charge >= 0.3 is 0 Å². The first kappa shape index (κ1) is 14.5. The van der Waals surface area contributed by atoms with Crippen molar-refractivity contribution in [1.29, 1.82) is 0 Å². The fourth-order valence-corrected chi connectivity index (χ4v) is 3.16. The number of hydrogen-bond acceptors (Lipinski definition) is 2. The SMILES string of the molecule is CCC(Nc1cccc(Br)c1C)c1ccc2c(c1)CCO2. The van der Waals surface area contributed by atoms with E-state index in [0.717, 1.165) is 29.7 Å². The van der Waals surface area contributed by atoms with Gasteiger partial charge in [0.2, 0.25) is 0 Å². The predicted molar refractivity (Wildman–Crippen MR) is 91.2 cm³/mol. The van der Waals surface area contributed by atoms with Crippen LogP contribution in [0.25, 0.3) is 0 Å². The molecule has 2 nitrogen and oxygen atoms in total. The Morgan fingerprint density at radius 2 is 2.14 bits per heavy atom. The Bertz CT molecular complexity index is 654. The zero-order valence-corrected chi connectivity index (χ0v) is 14.0. The zero-order chi connectivity index (χ0) is 14.8. The maximum Gasteiger partial charge on any atom is 0.122 e. The molecular formula is C18H20BrNO. The van der Waals surface area contributed by atoms with Crippen molar-refractivity contribution in [1.82, 2.24) is 0 Å². The third kappa shape index (κ3) is 2.93. The van der Waals surface area contributed by atoms with Crippen molar-refractivity contribution < 1.29 is 4.74 Å². The molecule has 2 aromatic carbocycles. The van der Waals surface area contributed by atoms with Crippen LogP contribution >= 0.6 is 15.9 Å². The molecule has 1 aliphatic heterocycles. The maximum atomic E-state index is 5.59. The fraction of sp³-hybridized carbons (Fsp3) is 0.333. The summed E-state index contributed by atoms with van der Waals surface area (Å²) in [6.07, 6.45) is 2.07. The number of ether oxygens (including phenoxy) is 1. The summed E-state index contributed by atoms with van der Waals surface area (Å²) in [6, 6.07) is 13.2. The van der Waals surface area contributed by atoms with E-state index in [0.29, 0.717) is 6.04 Å². The molecule has 21 heavy (non-hydrogen) atoms. The molecule has 1 atom stereocenters. The Balaban J connectivity index is 1.87. The topological polar surface area (TPSA) is 21.3 Å². The second kappa shape index (κ2) is 6.10. The van der Waals surface area contributed by atoms with E-state index in [4.69, 9.17) is 4.74 Å². The van der Waals surface area contributed by atoms with Gasteiger partial charge < -0.3 is 10.1 Å². The molecule has 1 aliphatic rings. The van der Waals surface area contributed by atoms with Gasteiger partial charge in [-0.15, -0.1) is 0 Å². The molecule has 0 spiro atoms. The van der Waals surface area contributed by atoms with Crippen LogP contribution in [0, 0.1) is 6.92 Å². The number of hydrogen-bond donors (Lipinski definition) is 1. The molecule has 0 saturated heterocycles. The lowest BCUT2D eigenvalue weighted by Gasteiger charge is -2.21. The third-order valence-electron chi connectivity index (χ3n) is 4.12. The van der Waals surface area contributed by atoms with E-state index in [9.17, 15) is 0 Å². The van der Waals surface area contributed by atoms with Crippen LogP contribution in [0.15, 0.2) is 40.9 Å². The van der Waals surface area contributed by atoms with Crippen LogP contribution in [0.2, 0.25) is 0 Å². The molecule has 0 saturated carbocycles. The van der Waals surface area contributed by atoms with Crippen molar-refractivity contribution in [3.05, 3.63) is 57.6 Å². The summed E-state index contributed by atoms with van der Waals surface area (Å²) >= 11 is 3.60. The lowest BCUT2D eigenvalue weighted by atomic mass is 10.00. The van der Waals surface area contributed by atoms with Gasteiger partial charge in [0.25, 0.3) is 0 Å². The molecule has 0 fully saturated rings. The van der Waals surface area contributed by atoms with E-state index in [-0.39, 0.29) is 0 Å². The highest BCUT2D eigenvalue weighted by Crippen LogP contribution is 2.32. The van der Waals surface area contributed by atoms with Crippen LogP contribution in [-0.4, -0.2) is 6.61 Å². The minimum absolute atomic E-state index is 0.323. The van der Waals surface area contributed by atoms with Crippen LogP contribution < -0.4 is 10.1 Å². The Kier molecular flexibility index (Phi) is 4.20. The summed E-state index contributed by atoms with van der Waals surface area (Å²) in [5, 5.41) is 3.67. The molecule has 0 aliphatic carbocycles. The number of halogens is 1. The van der Waals surface area contributed by atoms with E-state index in [1.165, 1.54) is 22.4 Å². The molecule has 0 radical (unpaired) electrons. The summed E-state index contributed by atoms with van der Waals surface area (Å²) in [4.78, 5) is 0. The maximum absolute atomic E-state index is 5.59. The molecule has 3 rings (SSSR count). The predicted octanol–water partition coefficient (Wildman–Crippen LogP) is 5.26. The second-order valence-electron chi connectivity index (χ2n) is 5.48. The highest BCUT2D eigenvalue weighted by Gasteiger charge is 2.16. The first-order chi connectivity index (χ1) is 10.2. The largest absolute Gasteiger partial charge is 0.493 e. The molecule has 0 bridgehead atoms. The van der Waals surface area contributed by atoms with E-state index in [1.54, 1.807) is 0 Å². The average molecular weight is 346 g/mol. The molecule has 0 amide bonds. The Morgan fingerprint density at radius 1 is 1.29 bits per heavy atom. The number of nitrogens with one attached hydrogen (secondary N) is 1. The quantitative estimate of drug-likeness (QED) is 0.816. The molecule has 1 heterocycles. The number of anilines is 1. The van der Waals surface area contributed by atoms with E-state index >= 15 is 0 Å². The normalized spacial score (nSPS) is 14.4. The van der Waals surface area contributed by atoms with Gasteiger partial charge in [-0.05, 0) is 54.3 Å². The minimum atomic E-state index is 0.323. The lowest BCUT2D eigenvalue weighted by molar-refractivity contribution is 0.357. The number of rotatable bonds is 4. The van der Waals surface area contributed by atoms with Crippen LogP contribution in [0.1, 0.15) is 36.1 Å². The number of benzene rings is 2. The van der Waals surface area contributed by atoms with Gasteiger partial charge in [0.05, 0.1) is 12.6 Å². The summed E-state index contributed by atoms with van der Waals surface area (Å²) in [7, 11) is 0. The molecule has 3 heteroatoms. The van der Waals surface area contributed by atoms with E-state index in [1.807, 2.05) is 0 Å². The van der Waals surface area contributed by atoms with Crippen molar-refractivity contribution in [2.75, 3.05) is 11.9 Å². The number of fused-ring (bicyclic) bond motifs is 1. The van der Waals surface area contributed by atoms with Gasteiger partial charge in [-0.2, -0.15) is 0 Å². The smallest absolute Gasteiger partial charge is 0.122 e. The highest BCUT2D eigenvalue weighted by atomic mass is 79.9. The summed E-state index contributed by atoms with van der Waals surface area (Å²) < 4.78 is 6.74. The highest BCUT2D eigenvalue weighted by molar-refractivity contribution is 9.10. The summed E-state index contributed by atoms with van der Waals surface area (Å²) in [6.45, 7) is 5.16. The minimum Gasteiger partial charge on any atom is -0.493 e. The molecule has 2 aromatic rings. The van der Waals surface area contributed by atoms with E-state index < -0.39 is 0 Å². The Morgan fingerprint density at radius 3 is 2.95 bits per heavy atom. The van der Waals surface area contributed by atoms with Gasteiger partial charge in [0, 0.05) is 16.6 Å². The van der Waals surface area contributed by atoms with Crippen molar-refractivity contribution in [2.45, 2.75) is 32.7 Å². The van der Waals surface area contributed by atoms with Crippen LogP contribution in [0.4, 0.5) is 5.69 Å². The van der Waals surface area contributed by atoms with E-state index in [2.05, 4.69) is 71.5 Å².